The Hall–Kier alpha value is -3.06. The lowest BCUT2D eigenvalue weighted by atomic mass is 9.86. The second-order valence-electron chi connectivity index (χ2n) is 9.80. The molecular formula is C27H38N4O3. The van der Waals surface area contributed by atoms with Crippen molar-refractivity contribution in [3.63, 3.8) is 0 Å². The van der Waals surface area contributed by atoms with Crippen molar-refractivity contribution in [1.82, 2.24) is 20.4 Å². The number of hydrogen-bond acceptors (Lipinski definition) is 4. The smallest absolute Gasteiger partial charge is 0.314 e. The van der Waals surface area contributed by atoms with Gasteiger partial charge in [-0.15, -0.1) is 0 Å². The highest BCUT2D eigenvalue weighted by Crippen LogP contribution is 2.34. The fraction of sp³-hybridized carbons (Fsp3) is 0.481. The van der Waals surface area contributed by atoms with Crippen LogP contribution in [0, 0.1) is 0 Å². The lowest BCUT2D eigenvalue weighted by Gasteiger charge is -2.30. The molecule has 2 atom stereocenters. The molecule has 0 aromatic heterocycles. The average molecular weight is 467 g/mol. The Bertz CT molecular complexity index is 967. The Kier molecular flexibility index (Phi) is 8.20. The monoisotopic (exact) mass is 466 g/mol. The quantitative estimate of drug-likeness (QED) is 0.622. The highest BCUT2D eigenvalue weighted by atomic mass is 16.5. The van der Waals surface area contributed by atoms with Crippen LogP contribution in [0.4, 0.5) is 4.79 Å². The van der Waals surface area contributed by atoms with Crippen molar-refractivity contribution in [2.75, 3.05) is 33.8 Å². The first-order valence-corrected chi connectivity index (χ1v) is 11.9. The summed E-state index contributed by atoms with van der Waals surface area (Å²) in [5.41, 5.74) is 3.52. The SMILES string of the molecule is CCNC(=O)NC[C@H]1C(=O)N(CCc2ccc(OC)cc2)C(c2ccc(C(C)(C)C)cc2)N1C. The van der Waals surface area contributed by atoms with Crippen LogP contribution in [-0.4, -0.2) is 61.6 Å². The molecule has 3 rings (SSSR count). The molecule has 0 spiro atoms. The normalized spacial score (nSPS) is 18.8. The largest absolute Gasteiger partial charge is 0.497 e. The summed E-state index contributed by atoms with van der Waals surface area (Å²) < 4.78 is 5.25. The average Bonchev–Trinajstić information content (AvgIpc) is 3.05. The number of nitrogens with one attached hydrogen (secondary N) is 2. The van der Waals surface area contributed by atoms with Crippen LogP contribution < -0.4 is 15.4 Å². The minimum atomic E-state index is -0.425. The summed E-state index contributed by atoms with van der Waals surface area (Å²) in [5, 5.41) is 5.57. The van der Waals surface area contributed by atoms with E-state index in [1.807, 2.05) is 43.1 Å². The van der Waals surface area contributed by atoms with Crippen molar-refractivity contribution in [3.05, 3.63) is 65.2 Å². The van der Waals surface area contributed by atoms with Crippen LogP contribution in [0.1, 0.15) is 50.6 Å². The molecule has 184 valence electrons. The molecule has 2 aromatic rings. The van der Waals surface area contributed by atoms with Gasteiger partial charge in [-0.2, -0.15) is 0 Å². The zero-order valence-electron chi connectivity index (χ0n) is 21.2. The second kappa shape index (κ2) is 10.9. The zero-order chi connectivity index (χ0) is 24.9. The Morgan fingerprint density at radius 2 is 1.68 bits per heavy atom. The van der Waals surface area contributed by atoms with E-state index in [4.69, 9.17) is 4.74 Å². The molecule has 7 heteroatoms. The number of carbonyl (C=O) groups excluding carboxylic acids is 2. The molecule has 0 radical (unpaired) electrons. The highest BCUT2D eigenvalue weighted by Gasteiger charge is 2.44. The van der Waals surface area contributed by atoms with E-state index in [0.717, 1.165) is 23.3 Å². The third-order valence-corrected chi connectivity index (χ3v) is 6.41. The first-order valence-electron chi connectivity index (χ1n) is 11.9. The van der Waals surface area contributed by atoms with Crippen LogP contribution in [0.2, 0.25) is 0 Å². The van der Waals surface area contributed by atoms with Crippen LogP contribution >= 0.6 is 0 Å². The Morgan fingerprint density at radius 3 is 2.24 bits per heavy atom. The van der Waals surface area contributed by atoms with Crippen molar-refractivity contribution in [1.29, 1.82) is 0 Å². The first-order chi connectivity index (χ1) is 16.2. The molecule has 1 unspecified atom stereocenters. The van der Waals surface area contributed by atoms with Gasteiger partial charge in [-0.3, -0.25) is 9.69 Å². The molecule has 1 fully saturated rings. The molecule has 2 aromatic carbocycles. The highest BCUT2D eigenvalue weighted by molar-refractivity contribution is 5.85. The molecule has 1 aliphatic heterocycles. The summed E-state index contributed by atoms with van der Waals surface area (Å²) in [6, 6.07) is 15.8. The van der Waals surface area contributed by atoms with Gasteiger partial charge in [0, 0.05) is 19.6 Å². The van der Waals surface area contributed by atoms with E-state index in [-0.39, 0.29) is 30.1 Å². The molecule has 34 heavy (non-hydrogen) atoms. The number of urea groups is 1. The molecule has 0 bridgehead atoms. The predicted molar refractivity (Wildman–Crippen MR) is 135 cm³/mol. The van der Waals surface area contributed by atoms with Crippen LogP contribution in [-0.2, 0) is 16.6 Å². The number of carbonyl (C=O) groups is 2. The van der Waals surface area contributed by atoms with Crippen LogP contribution in [0.3, 0.4) is 0 Å². The van der Waals surface area contributed by atoms with Gasteiger partial charge in [0.15, 0.2) is 0 Å². The van der Waals surface area contributed by atoms with E-state index in [2.05, 4.69) is 60.6 Å². The van der Waals surface area contributed by atoms with E-state index in [1.165, 1.54) is 5.56 Å². The van der Waals surface area contributed by atoms with Crippen LogP contribution in [0.5, 0.6) is 5.75 Å². The molecule has 2 N–H and O–H groups in total. The number of hydrogen-bond donors (Lipinski definition) is 2. The van der Waals surface area contributed by atoms with Crippen molar-refractivity contribution >= 4 is 11.9 Å². The van der Waals surface area contributed by atoms with Crippen molar-refractivity contribution in [2.45, 2.75) is 51.7 Å². The van der Waals surface area contributed by atoms with Gasteiger partial charge in [0.2, 0.25) is 5.91 Å². The van der Waals surface area contributed by atoms with E-state index in [0.29, 0.717) is 13.1 Å². The lowest BCUT2D eigenvalue weighted by molar-refractivity contribution is -0.130. The maximum absolute atomic E-state index is 13.5. The molecule has 1 heterocycles. The maximum atomic E-state index is 13.5. The summed E-state index contributed by atoms with van der Waals surface area (Å²) in [6.45, 7) is 9.82. The van der Waals surface area contributed by atoms with Crippen molar-refractivity contribution in [2.24, 2.45) is 0 Å². The fourth-order valence-electron chi connectivity index (χ4n) is 4.36. The maximum Gasteiger partial charge on any atom is 0.314 e. The van der Waals surface area contributed by atoms with Gasteiger partial charge in [0.05, 0.1) is 7.11 Å². The molecule has 0 aliphatic carbocycles. The molecule has 3 amide bonds. The van der Waals surface area contributed by atoms with Crippen molar-refractivity contribution in [3.8, 4) is 5.75 Å². The number of ether oxygens (including phenoxy) is 1. The van der Waals surface area contributed by atoms with E-state index in [1.54, 1.807) is 7.11 Å². The summed E-state index contributed by atoms with van der Waals surface area (Å²) in [5.74, 6) is 0.840. The number of nitrogens with zero attached hydrogens (tertiary/aromatic N) is 2. The molecule has 0 saturated carbocycles. The second-order valence-corrected chi connectivity index (χ2v) is 9.80. The fourth-order valence-corrected chi connectivity index (χ4v) is 4.36. The summed E-state index contributed by atoms with van der Waals surface area (Å²) in [4.78, 5) is 29.5. The standard InChI is InChI=1S/C27H38N4O3/c1-7-28-26(33)29-18-23-25(32)31(17-16-19-8-14-22(34-6)15-9-19)24(30(23)5)20-10-12-21(13-11-20)27(2,3)4/h8-15,23-24H,7,16-18H2,1-6H3,(H2,28,29,33)/t23-,24?/m0/s1. The van der Waals surface area contributed by atoms with Gasteiger partial charge in [-0.1, -0.05) is 57.2 Å². The van der Waals surface area contributed by atoms with E-state index < -0.39 is 6.04 Å². The van der Waals surface area contributed by atoms with Gasteiger partial charge >= 0.3 is 6.03 Å². The predicted octanol–water partition coefficient (Wildman–Crippen LogP) is 3.70. The van der Waals surface area contributed by atoms with E-state index in [9.17, 15) is 9.59 Å². The summed E-state index contributed by atoms with van der Waals surface area (Å²) in [6.07, 6.45) is 0.539. The summed E-state index contributed by atoms with van der Waals surface area (Å²) >= 11 is 0. The number of amides is 3. The zero-order valence-corrected chi connectivity index (χ0v) is 21.2. The third-order valence-electron chi connectivity index (χ3n) is 6.41. The van der Waals surface area contributed by atoms with Gasteiger partial charge in [-0.25, -0.2) is 4.79 Å². The third kappa shape index (κ3) is 5.89. The lowest BCUT2D eigenvalue weighted by Crippen LogP contribution is -2.45. The topological polar surface area (TPSA) is 73.9 Å². The molecule has 7 nitrogen and oxygen atoms in total. The number of benzene rings is 2. The number of methoxy groups -OCH3 is 1. The van der Waals surface area contributed by atoms with E-state index >= 15 is 0 Å². The van der Waals surface area contributed by atoms with Crippen LogP contribution in [0.25, 0.3) is 0 Å². The van der Waals surface area contributed by atoms with Gasteiger partial charge in [-0.05, 0) is 54.6 Å². The minimum absolute atomic E-state index is 0.0257. The Balaban J connectivity index is 1.83. The molecule has 1 saturated heterocycles. The molecular weight excluding hydrogens is 428 g/mol. The van der Waals surface area contributed by atoms with Gasteiger partial charge < -0.3 is 20.3 Å². The van der Waals surface area contributed by atoms with Crippen molar-refractivity contribution < 1.29 is 14.3 Å². The Labute approximate surface area is 203 Å². The number of rotatable bonds is 8. The van der Waals surface area contributed by atoms with Gasteiger partial charge in [0.1, 0.15) is 18.0 Å². The Morgan fingerprint density at radius 1 is 1.03 bits per heavy atom. The van der Waals surface area contributed by atoms with Crippen LogP contribution in [0.15, 0.2) is 48.5 Å². The van der Waals surface area contributed by atoms with Gasteiger partial charge in [0.25, 0.3) is 0 Å². The minimum Gasteiger partial charge on any atom is -0.497 e. The first kappa shape index (κ1) is 25.6. The summed E-state index contributed by atoms with van der Waals surface area (Å²) in [7, 11) is 3.61. The molecule has 1 aliphatic rings. The number of likely N-dealkylation sites (N-methyl/N-ethyl adjacent to an activating group) is 1.